The summed E-state index contributed by atoms with van der Waals surface area (Å²) in [6, 6.07) is 14.4. The first-order valence-corrected chi connectivity index (χ1v) is 7.29. The fourth-order valence-corrected chi connectivity index (χ4v) is 2.16. The van der Waals surface area contributed by atoms with Gasteiger partial charge in [0.2, 0.25) is 6.10 Å². The molecule has 0 fully saturated rings. The van der Waals surface area contributed by atoms with Crippen LogP contribution in [0.25, 0.3) is 0 Å². The Morgan fingerprint density at radius 2 is 1.96 bits per heavy atom. The maximum Gasteiger partial charge on any atom is 0.269 e. The van der Waals surface area contributed by atoms with Gasteiger partial charge in [-0.2, -0.15) is 0 Å². The molecular formula is C18H17NO4. The SMILES string of the molecule is C=CCOc1ccc(NC(=O)[C@H]2COc3ccccc3O2)cc1. The number of hydrogen-bond donors (Lipinski definition) is 1. The van der Waals surface area contributed by atoms with E-state index < -0.39 is 6.10 Å². The van der Waals surface area contributed by atoms with Gasteiger partial charge in [-0.05, 0) is 36.4 Å². The van der Waals surface area contributed by atoms with Crippen molar-refractivity contribution >= 4 is 11.6 Å². The smallest absolute Gasteiger partial charge is 0.269 e. The summed E-state index contributed by atoms with van der Waals surface area (Å²) >= 11 is 0. The average molecular weight is 311 g/mol. The van der Waals surface area contributed by atoms with Gasteiger partial charge in [-0.25, -0.2) is 0 Å². The molecule has 2 aromatic rings. The Labute approximate surface area is 134 Å². The average Bonchev–Trinajstić information content (AvgIpc) is 2.60. The van der Waals surface area contributed by atoms with Crippen molar-refractivity contribution in [2.45, 2.75) is 6.10 Å². The second-order valence-electron chi connectivity index (χ2n) is 4.98. The van der Waals surface area contributed by atoms with Gasteiger partial charge < -0.3 is 19.5 Å². The molecular weight excluding hydrogens is 294 g/mol. The van der Waals surface area contributed by atoms with E-state index in [2.05, 4.69) is 11.9 Å². The summed E-state index contributed by atoms with van der Waals surface area (Å²) in [6.45, 7) is 4.22. The highest BCUT2D eigenvalue weighted by molar-refractivity contribution is 5.94. The normalized spacial score (nSPS) is 15.6. The summed E-state index contributed by atoms with van der Waals surface area (Å²) in [5.74, 6) is 1.70. The Hall–Kier alpha value is -2.95. The second kappa shape index (κ2) is 6.87. The quantitative estimate of drug-likeness (QED) is 0.862. The highest BCUT2D eigenvalue weighted by atomic mass is 16.6. The summed E-state index contributed by atoms with van der Waals surface area (Å²) in [4.78, 5) is 12.3. The van der Waals surface area contributed by atoms with Crippen molar-refractivity contribution in [1.29, 1.82) is 0 Å². The molecule has 1 amide bonds. The van der Waals surface area contributed by atoms with E-state index in [1.807, 2.05) is 18.2 Å². The lowest BCUT2D eigenvalue weighted by Crippen LogP contribution is -2.40. The number of fused-ring (bicyclic) bond motifs is 1. The number of amides is 1. The van der Waals surface area contributed by atoms with Crippen LogP contribution in [0.1, 0.15) is 0 Å². The molecule has 0 saturated carbocycles. The van der Waals surface area contributed by atoms with Crippen LogP contribution in [-0.2, 0) is 4.79 Å². The van der Waals surface area contributed by atoms with Crippen molar-refractivity contribution in [3.63, 3.8) is 0 Å². The van der Waals surface area contributed by atoms with E-state index >= 15 is 0 Å². The maximum atomic E-state index is 12.3. The predicted molar refractivity (Wildman–Crippen MR) is 87.1 cm³/mol. The summed E-state index contributed by atoms with van der Waals surface area (Å²) in [5.41, 5.74) is 0.670. The van der Waals surface area contributed by atoms with Crippen molar-refractivity contribution in [2.24, 2.45) is 0 Å². The highest BCUT2D eigenvalue weighted by Crippen LogP contribution is 2.31. The summed E-state index contributed by atoms with van der Waals surface area (Å²) in [7, 11) is 0. The third kappa shape index (κ3) is 3.63. The van der Waals surface area contributed by atoms with Crippen LogP contribution in [0.5, 0.6) is 17.2 Å². The number of rotatable bonds is 5. The third-order valence-electron chi connectivity index (χ3n) is 3.29. The van der Waals surface area contributed by atoms with E-state index in [0.717, 1.165) is 0 Å². The van der Waals surface area contributed by atoms with E-state index in [0.29, 0.717) is 29.5 Å². The maximum absolute atomic E-state index is 12.3. The molecule has 23 heavy (non-hydrogen) atoms. The lowest BCUT2D eigenvalue weighted by molar-refractivity contribution is -0.125. The van der Waals surface area contributed by atoms with Crippen LogP contribution < -0.4 is 19.5 Å². The molecule has 1 N–H and O–H groups in total. The van der Waals surface area contributed by atoms with E-state index in [4.69, 9.17) is 14.2 Å². The lowest BCUT2D eigenvalue weighted by Gasteiger charge is -2.25. The van der Waals surface area contributed by atoms with Crippen LogP contribution in [0.4, 0.5) is 5.69 Å². The molecule has 0 spiro atoms. The van der Waals surface area contributed by atoms with Crippen molar-refractivity contribution in [1.82, 2.24) is 0 Å². The van der Waals surface area contributed by atoms with Crippen LogP contribution in [-0.4, -0.2) is 25.2 Å². The Bertz CT molecular complexity index is 696. The molecule has 0 aromatic heterocycles. The molecule has 5 nitrogen and oxygen atoms in total. The van der Waals surface area contributed by atoms with Gasteiger partial charge >= 0.3 is 0 Å². The number of carbonyl (C=O) groups is 1. The van der Waals surface area contributed by atoms with Gasteiger partial charge in [0.25, 0.3) is 5.91 Å². The zero-order chi connectivity index (χ0) is 16.1. The lowest BCUT2D eigenvalue weighted by atomic mass is 10.2. The van der Waals surface area contributed by atoms with E-state index in [1.54, 1.807) is 36.4 Å². The highest BCUT2D eigenvalue weighted by Gasteiger charge is 2.27. The summed E-state index contributed by atoms with van der Waals surface area (Å²) in [5, 5.41) is 2.81. The molecule has 3 rings (SSSR count). The third-order valence-corrected chi connectivity index (χ3v) is 3.29. The monoisotopic (exact) mass is 311 g/mol. The Balaban J connectivity index is 1.60. The van der Waals surface area contributed by atoms with Gasteiger partial charge in [0, 0.05) is 5.69 Å². The molecule has 0 unspecified atom stereocenters. The van der Waals surface area contributed by atoms with Crippen molar-refractivity contribution in [3.8, 4) is 17.2 Å². The van der Waals surface area contributed by atoms with Crippen molar-refractivity contribution < 1.29 is 19.0 Å². The number of ether oxygens (including phenoxy) is 3. The van der Waals surface area contributed by atoms with Gasteiger partial charge in [0.1, 0.15) is 19.0 Å². The van der Waals surface area contributed by atoms with Crippen LogP contribution in [0.15, 0.2) is 61.2 Å². The molecule has 0 aliphatic carbocycles. The predicted octanol–water partition coefficient (Wildman–Crippen LogP) is 3.03. The van der Waals surface area contributed by atoms with Crippen LogP contribution in [0.2, 0.25) is 0 Å². The second-order valence-corrected chi connectivity index (χ2v) is 4.98. The van der Waals surface area contributed by atoms with Crippen LogP contribution >= 0.6 is 0 Å². The zero-order valence-electron chi connectivity index (χ0n) is 12.5. The minimum absolute atomic E-state index is 0.184. The van der Waals surface area contributed by atoms with Crippen LogP contribution in [0, 0.1) is 0 Å². The number of para-hydroxylation sites is 2. The van der Waals surface area contributed by atoms with Gasteiger partial charge in [-0.1, -0.05) is 24.8 Å². The minimum Gasteiger partial charge on any atom is -0.490 e. The topological polar surface area (TPSA) is 56.8 Å². The fraction of sp³-hybridized carbons (Fsp3) is 0.167. The van der Waals surface area contributed by atoms with Crippen LogP contribution in [0.3, 0.4) is 0 Å². The van der Waals surface area contributed by atoms with Gasteiger partial charge in [0.05, 0.1) is 0 Å². The summed E-state index contributed by atoms with van der Waals surface area (Å²) < 4.78 is 16.6. The number of anilines is 1. The Kier molecular flexibility index (Phi) is 4.47. The first kappa shape index (κ1) is 15.0. The zero-order valence-corrected chi connectivity index (χ0v) is 12.5. The Morgan fingerprint density at radius 1 is 1.22 bits per heavy atom. The summed E-state index contributed by atoms with van der Waals surface area (Å²) in [6.07, 6.45) is 0.995. The molecule has 1 aliphatic rings. The number of benzene rings is 2. The van der Waals surface area contributed by atoms with E-state index in [1.165, 1.54) is 0 Å². The minimum atomic E-state index is -0.679. The van der Waals surface area contributed by atoms with Gasteiger partial charge in [0.15, 0.2) is 11.5 Å². The van der Waals surface area contributed by atoms with Gasteiger partial charge in [-0.3, -0.25) is 4.79 Å². The fourth-order valence-electron chi connectivity index (χ4n) is 2.16. The molecule has 0 bridgehead atoms. The molecule has 1 heterocycles. The van der Waals surface area contributed by atoms with Crippen molar-refractivity contribution in [2.75, 3.05) is 18.5 Å². The molecule has 1 aliphatic heterocycles. The van der Waals surface area contributed by atoms with E-state index in [9.17, 15) is 4.79 Å². The van der Waals surface area contributed by atoms with Gasteiger partial charge in [-0.15, -0.1) is 0 Å². The first-order valence-electron chi connectivity index (χ1n) is 7.29. The molecule has 0 radical (unpaired) electrons. The largest absolute Gasteiger partial charge is 0.490 e. The molecule has 0 saturated heterocycles. The molecule has 5 heteroatoms. The number of carbonyl (C=O) groups excluding carboxylic acids is 1. The van der Waals surface area contributed by atoms with Crippen molar-refractivity contribution in [3.05, 3.63) is 61.2 Å². The standard InChI is InChI=1S/C18H17NO4/c1-2-11-21-14-9-7-13(8-10-14)19-18(20)17-12-22-15-5-3-4-6-16(15)23-17/h2-10,17H,1,11-12H2,(H,19,20)/t17-/m1/s1. The molecule has 1 atom stereocenters. The first-order chi connectivity index (χ1) is 11.3. The molecule has 118 valence electrons. The Morgan fingerprint density at radius 3 is 2.70 bits per heavy atom. The molecule has 2 aromatic carbocycles. The number of nitrogens with one attached hydrogen (secondary N) is 1. The van der Waals surface area contributed by atoms with E-state index in [-0.39, 0.29) is 12.5 Å². The number of hydrogen-bond acceptors (Lipinski definition) is 4.